The Bertz CT molecular complexity index is 667. The number of fused-ring (bicyclic) bond motifs is 1. The maximum Gasteiger partial charge on any atom is 0.243 e. The zero-order valence-electron chi connectivity index (χ0n) is 14.1. The van der Waals surface area contributed by atoms with Crippen LogP contribution in [0.5, 0.6) is 11.5 Å². The zero-order valence-corrected chi connectivity index (χ0v) is 14.1. The van der Waals surface area contributed by atoms with Gasteiger partial charge >= 0.3 is 0 Å². The van der Waals surface area contributed by atoms with Crippen molar-refractivity contribution in [3.63, 3.8) is 0 Å². The van der Waals surface area contributed by atoms with Crippen LogP contribution in [0.1, 0.15) is 26.3 Å². The van der Waals surface area contributed by atoms with E-state index in [0.717, 1.165) is 17.9 Å². The molecule has 1 aliphatic rings. The molecule has 1 N–H and O–H groups in total. The van der Waals surface area contributed by atoms with E-state index in [1.54, 1.807) is 0 Å². The fraction of sp³-hybridized carbons (Fsp3) is 0.421. The molecule has 1 aliphatic heterocycles. The smallest absolute Gasteiger partial charge is 0.243 e. The number of hydrogen-bond acceptors (Lipinski definition) is 3. The summed E-state index contributed by atoms with van der Waals surface area (Å²) in [5, 5.41) is 3.01. The summed E-state index contributed by atoms with van der Waals surface area (Å²) in [6.45, 7) is 5.12. The largest absolute Gasteiger partial charge is 0.486 e. The molecule has 128 valence electrons. The van der Waals surface area contributed by atoms with Crippen molar-refractivity contribution in [3.05, 3.63) is 48.8 Å². The number of nitrogens with one attached hydrogen (secondary N) is 1. The van der Waals surface area contributed by atoms with E-state index in [1.165, 1.54) is 0 Å². The number of hydrogen-bond donors (Lipinski definition) is 1. The summed E-state index contributed by atoms with van der Waals surface area (Å²) in [6, 6.07) is 11.3. The lowest BCUT2D eigenvalue weighted by atomic mass is 10.0. The standard InChI is InChI=1S/C19H24N2O3/c1-14(2)11-16(21-9-5-6-10-21)19(22)20-12-15-13-23-17-7-3-4-8-18(17)24-15/h3-10,14-16H,11-13H2,1-2H3,(H,20,22)/t15-,16-/m1/s1. The van der Waals surface area contributed by atoms with Crippen LogP contribution in [0.25, 0.3) is 0 Å². The van der Waals surface area contributed by atoms with Crippen LogP contribution >= 0.6 is 0 Å². The third-order valence-electron chi connectivity index (χ3n) is 4.06. The molecule has 2 aromatic rings. The van der Waals surface area contributed by atoms with Crippen molar-refractivity contribution in [2.24, 2.45) is 5.92 Å². The molecule has 3 rings (SSSR count). The zero-order chi connectivity index (χ0) is 16.9. The molecular weight excluding hydrogens is 304 g/mol. The molecule has 5 heteroatoms. The Morgan fingerprint density at radius 3 is 2.62 bits per heavy atom. The van der Waals surface area contributed by atoms with Crippen molar-refractivity contribution in [1.29, 1.82) is 0 Å². The minimum atomic E-state index is -0.197. The van der Waals surface area contributed by atoms with E-state index >= 15 is 0 Å². The highest BCUT2D eigenvalue weighted by Crippen LogP contribution is 2.30. The Balaban J connectivity index is 1.58. The number of carbonyl (C=O) groups excluding carboxylic acids is 1. The monoisotopic (exact) mass is 328 g/mol. The first-order chi connectivity index (χ1) is 11.6. The first kappa shape index (κ1) is 16.4. The van der Waals surface area contributed by atoms with Crippen LogP contribution in [0.4, 0.5) is 0 Å². The van der Waals surface area contributed by atoms with Crippen molar-refractivity contribution in [1.82, 2.24) is 9.88 Å². The van der Waals surface area contributed by atoms with E-state index in [-0.39, 0.29) is 18.1 Å². The number of aromatic nitrogens is 1. The van der Waals surface area contributed by atoms with Gasteiger partial charge in [-0.05, 0) is 36.6 Å². The quantitative estimate of drug-likeness (QED) is 0.887. The number of benzene rings is 1. The molecule has 0 radical (unpaired) electrons. The van der Waals surface area contributed by atoms with Crippen LogP contribution < -0.4 is 14.8 Å². The molecule has 1 amide bonds. The van der Waals surface area contributed by atoms with Gasteiger partial charge in [0.2, 0.25) is 5.91 Å². The Kier molecular flexibility index (Phi) is 5.08. The number of ether oxygens (including phenoxy) is 2. The van der Waals surface area contributed by atoms with E-state index < -0.39 is 0 Å². The molecule has 2 heterocycles. The topological polar surface area (TPSA) is 52.5 Å². The molecule has 0 spiro atoms. The van der Waals surface area contributed by atoms with E-state index in [1.807, 2.05) is 53.4 Å². The summed E-state index contributed by atoms with van der Waals surface area (Å²) >= 11 is 0. The van der Waals surface area contributed by atoms with Crippen LogP contribution in [-0.2, 0) is 4.79 Å². The maximum absolute atomic E-state index is 12.6. The van der Waals surface area contributed by atoms with Gasteiger partial charge in [0.1, 0.15) is 18.8 Å². The van der Waals surface area contributed by atoms with Gasteiger partial charge in [0.15, 0.2) is 11.5 Å². The number of rotatable bonds is 6. The summed E-state index contributed by atoms with van der Waals surface area (Å²) in [5.74, 6) is 1.93. The predicted molar refractivity (Wildman–Crippen MR) is 92.3 cm³/mol. The molecule has 0 aliphatic carbocycles. The molecular formula is C19H24N2O3. The summed E-state index contributed by atoms with van der Waals surface area (Å²) in [7, 11) is 0. The molecule has 2 atom stereocenters. The molecule has 0 unspecified atom stereocenters. The van der Waals surface area contributed by atoms with Crippen molar-refractivity contribution in [3.8, 4) is 11.5 Å². The Labute approximate surface area is 142 Å². The second-order valence-electron chi connectivity index (χ2n) is 6.52. The first-order valence-corrected chi connectivity index (χ1v) is 8.42. The molecule has 5 nitrogen and oxygen atoms in total. The van der Waals surface area contributed by atoms with Gasteiger partial charge in [0, 0.05) is 12.4 Å². The van der Waals surface area contributed by atoms with Gasteiger partial charge in [-0.1, -0.05) is 26.0 Å². The third kappa shape index (κ3) is 3.91. The van der Waals surface area contributed by atoms with E-state index in [0.29, 0.717) is 19.1 Å². The Morgan fingerprint density at radius 1 is 1.21 bits per heavy atom. The van der Waals surface area contributed by atoms with Gasteiger partial charge in [-0.3, -0.25) is 4.79 Å². The summed E-state index contributed by atoms with van der Waals surface area (Å²) in [5.41, 5.74) is 0. The lowest BCUT2D eigenvalue weighted by Gasteiger charge is -2.27. The van der Waals surface area contributed by atoms with Crippen LogP contribution in [0.15, 0.2) is 48.8 Å². The van der Waals surface area contributed by atoms with Crippen LogP contribution in [0, 0.1) is 5.92 Å². The number of amides is 1. The fourth-order valence-electron chi connectivity index (χ4n) is 2.86. The lowest BCUT2D eigenvalue weighted by molar-refractivity contribution is -0.125. The van der Waals surface area contributed by atoms with E-state index in [9.17, 15) is 4.79 Å². The van der Waals surface area contributed by atoms with Crippen molar-refractivity contribution >= 4 is 5.91 Å². The van der Waals surface area contributed by atoms with Gasteiger partial charge in [-0.15, -0.1) is 0 Å². The third-order valence-corrected chi connectivity index (χ3v) is 4.06. The summed E-state index contributed by atoms with van der Waals surface area (Å²) < 4.78 is 13.5. The fourth-order valence-corrected chi connectivity index (χ4v) is 2.86. The normalized spacial score (nSPS) is 17.5. The van der Waals surface area contributed by atoms with Crippen molar-refractivity contribution in [2.75, 3.05) is 13.2 Å². The number of nitrogens with zero attached hydrogens (tertiary/aromatic N) is 1. The highest BCUT2D eigenvalue weighted by molar-refractivity contribution is 5.80. The van der Waals surface area contributed by atoms with Crippen molar-refractivity contribution < 1.29 is 14.3 Å². The van der Waals surface area contributed by atoms with Crippen LogP contribution in [0.3, 0.4) is 0 Å². The van der Waals surface area contributed by atoms with Crippen LogP contribution in [0.2, 0.25) is 0 Å². The minimum Gasteiger partial charge on any atom is -0.486 e. The van der Waals surface area contributed by atoms with Gasteiger partial charge < -0.3 is 19.4 Å². The highest BCUT2D eigenvalue weighted by atomic mass is 16.6. The highest BCUT2D eigenvalue weighted by Gasteiger charge is 2.24. The number of carbonyl (C=O) groups is 1. The molecule has 0 saturated carbocycles. The molecule has 0 bridgehead atoms. The average Bonchev–Trinajstić information content (AvgIpc) is 3.11. The first-order valence-electron chi connectivity index (χ1n) is 8.42. The second-order valence-corrected chi connectivity index (χ2v) is 6.52. The SMILES string of the molecule is CC(C)C[C@H](C(=O)NC[C@@H]1COc2ccccc2O1)n1cccc1. The van der Waals surface area contributed by atoms with E-state index in [2.05, 4.69) is 19.2 Å². The van der Waals surface area contributed by atoms with Gasteiger partial charge in [-0.2, -0.15) is 0 Å². The molecule has 0 saturated heterocycles. The second kappa shape index (κ2) is 7.43. The molecule has 1 aromatic carbocycles. The Hall–Kier alpha value is -2.43. The van der Waals surface area contributed by atoms with Crippen molar-refractivity contribution in [2.45, 2.75) is 32.4 Å². The lowest BCUT2D eigenvalue weighted by Crippen LogP contribution is -2.43. The predicted octanol–water partition coefficient (Wildman–Crippen LogP) is 3.03. The molecule has 0 fully saturated rings. The molecule has 1 aromatic heterocycles. The van der Waals surface area contributed by atoms with E-state index in [4.69, 9.17) is 9.47 Å². The average molecular weight is 328 g/mol. The van der Waals surface area contributed by atoms with Gasteiger partial charge in [0.25, 0.3) is 0 Å². The Morgan fingerprint density at radius 2 is 1.92 bits per heavy atom. The number of para-hydroxylation sites is 2. The van der Waals surface area contributed by atoms with Gasteiger partial charge in [-0.25, -0.2) is 0 Å². The summed E-state index contributed by atoms with van der Waals surface area (Å²) in [4.78, 5) is 12.6. The summed E-state index contributed by atoms with van der Waals surface area (Å²) in [6.07, 6.45) is 4.49. The van der Waals surface area contributed by atoms with Gasteiger partial charge in [0.05, 0.1) is 6.54 Å². The minimum absolute atomic E-state index is 0.0161. The maximum atomic E-state index is 12.6. The van der Waals surface area contributed by atoms with Crippen LogP contribution in [-0.4, -0.2) is 29.7 Å². The molecule has 24 heavy (non-hydrogen) atoms.